The number of ether oxygens (including phenoxy) is 2. The Morgan fingerprint density at radius 2 is 1.78 bits per heavy atom. The lowest BCUT2D eigenvalue weighted by atomic mass is 10.1. The average molecular weight is 556 g/mol. The van der Waals surface area contributed by atoms with E-state index in [1.54, 1.807) is 19.2 Å². The minimum Gasteiger partial charge on any atom is -0.379 e. The zero-order valence-electron chi connectivity index (χ0n) is 18.9. The van der Waals surface area contributed by atoms with Gasteiger partial charge in [0.05, 0.1) is 25.9 Å². The third-order valence-corrected chi connectivity index (χ3v) is 5.35. The van der Waals surface area contributed by atoms with Crippen LogP contribution in [0.1, 0.15) is 29.7 Å². The van der Waals surface area contributed by atoms with Gasteiger partial charge >= 0.3 is 0 Å². The quantitative estimate of drug-likeness (QED) is 0.280. The molecule has 32 heavy (non-hydrogen) atoms. The van der Waals surface area contributed by atoms with Gasteiger partial charge in [-0.2, -0.15) is 0 Å². The summed E-state index contributed by atoms with van der Waals surface area (Å²) >= 11 is 0. The van der Waals surface area contributed by atoms with Crippen molar-refractivity contribution in [2.24, 2.45) is 4.99 Å². The zero-order valence-corrected chi connectivity index (χ0v) is 21.2. The third-order valence-electron chi connectivity index (χ3n) is 5.35. The van der Waals surface area contributed by atoms with Gasteiger partial charge in [0.2, 0.25) is 0 Å². The number of hydrogen-bond donors (Lipinski definition) is 2. The summed E-state index contributed by atoms with van der Waals surface area (Å²) in [7, 11) is 1.65. The molecule has 2 aromatic rings. The Bertz CT molecular complexity index is 829. The normalized spacial score (nSPS) is 15.7. The predicted octanol–water partition coefficient (Wildman–Crippen LogP) is 3.72. The van der Waals surface area contributed by atoms with Crippen LogP contribution in [0.4, 0.5) is 4.39 Å². The van der Waals surface area contributed by atoms with Crippen molar-refractivity contribution in [1.82, 2.24) is 15.5 Å². The SMILES string of the molecule is CCNC(=NCc1ccccc1CN1CCOCC1)NCC(OC)c1ccc(F)cc1.I. The molecule has 0 spiro atoms. The number of guanidine groups is 1. The van der Waals surface area contributed by atoms with Crippen LogP contribution in [0.15, 0.2) is 53.5 Å². The Hall–Kier alpha value is -1.75. The molecule has 3 rings (SSSR count). The molecule has 1 aliphatic rings. The van der Waals surface area contributed by atoms with Gasteiger partial charge in [-0.1, -0.05) is 36.4 Å². The van der Waals surface area contributed by atoms with Crippen molar-refractivity contribution in [2.75, 3.05) is 46.5 Å². The van der Waals surface area contributed by atoms with E-state index in [2.05, 4.69) is 39.8 Å². The molecule has 0 aliphatic carbocycles. The van der Waals surface area contributed by atoms with Gasteiger partial charge in [-0.3, -0.25) is 4.90 Å². The summed E-state index contributed by atoms with van der Waals surface area (Å²) in [6, 6.07) is 14.9. The van der Waals surface area contributed by atoms with E-state index in [1.807, 2.05) is 6.92 Å². The number of aliphatic imine (C=N–C) groups is 1. The highest BCUT2D eigenvalue weighted by molar-refractivity contribution is 14.0. The van der Waals surface area contributed by atoms with E-state index in [1.165, 1.54) is 23.3 Å². The number of methoxy groups -OCH3 is 1. The maximum Gasteiger partial charge on any atom is 0.191 e. The Morgan fingerprint density at radius 1 is 1.09 bits per heavy atom. The highest BCUT2D eigenvalue weighted by Gasteiger charge is 2.14. The van der Waals surface area contributed by atoms with Crippen LogP contribution in [-0.4, -0.2) is 57.4 Å². The molecule has 0 amide bonds. The second-order valence-corrected chi connectivity index (χ2v) is 7.51. The smallest absolute Gasteiger partial charge is 0.191 e. The summed E-state index contributed by atoms with van der Waals surface area (Å²) in [5, 5.41) is 6.64. The topological polar surface area (TPSA) is 58.1 Å². The number of benzene rings is 2. The standard InChI is InChI=1S/C24H33FN4O2.HI/c1-3-26-24(28-17-23(30-2)19-8-10-22(25)11-9-19)27-16-20-6-4-5-7-21(20)18-29-12-14-31-15-13-29;/h4-11,23H,3,12-18H2,1-2H3,(H2,26,27,28);1H. The van der Waals surface area contributed by atoms with E-state index in [0.29, 0.717) is 13.1 Å². The Kier molecular flexibility index (Phi) is 11.9. The third kappa shape index (κ3) is 8.31. The highest BCUT2D eigenvalue weighted by atomic mass is 127. The fourth-order valence-electron chi connectivity index (χ4n) is 3.58. The molecule has 0 bridgehead atoms. The van der Waals surface area contributed by atoms with Crippen molar-refractivity contribution in [3.63, 3.8) is 0 Å². The highest BCUT2D eigenvalue weighted by Crippen LogP contribution is 2.17. The largest absolute Gasteiger partial charge is 0.379 e. The van der Waals surface area contributed by atoms with Crippen LogP contribution >= 0.6 is 24.0 Å². The van der Waals surface area contributed by atoms with Crippen LogP contribution in [0.2, 0.25) is 0 Å². The molecule has 176 valence electrons. The monoisotopic (exact) mass is 556 g/mol. The van der Waals surface area contributed by atoms with E-state index in [0.717, 1.165) is 50.9 Å². The maximum absolute atomic E-state index is 13.2. The average Bonchev–Trinajstić information content (AvgIpc) is 2.80. The molecule has 1 saturated heterocycles. The first-order valence-corrected chi connectivity index (χ1v) is 10.9. The first-order valence-electron chi connectivity index (χ1n) is 10.9. The lowest BCUT2D eigenvalue weighted by Crippen LogP contribution is -2.39. The molecule has 1 heterocycles. The number of morpholine rings is 1. The first-order chi connectivity index (χ1) is 15.2. The molecular weight excluding hydrogens is 522 g/mol. The van der Waals surface area contributed by atoms with Crippen LogP contribution < -0.4 is 10.6 Å². The van der Waals surface area contributed by atoms with Gasteiger partial charge in [-0.15, -0.1) is 24.0 Å². The van der Waals surface area contributed by atoms with Gasteiger partial charge in [-0.25, -0.2) is 9.38 Å². The van der Waals surface area contributed by atoms with Gasteiger partial charge in [-0.05, 0) is 35.7 Å². The molecule has 6 nitrogen and oxygen atoms in total. The van der Waals surface area contributed by atoms with Crippen LogP contribution in [0, 0.1) is 5.82 Å². The van der Waals surface area contributed by atoms with Gasteiger partial charge in [0.25, 0.3) is 0 Å². The second kappa shape index (κ2) is 14.4. The number of nitrogens with zero attached hydrogens (tertiary/aromatic N) is 2. The van der Waals surface area contributed by atoms with Gasteiger partial charge < -0.3 is 20.1 Å². The fourth-order valence-corrected chi connectivity index (χ4v) is 3.58. The van der Waals surface area contributed by atoms with Gasteiger partial charge in [0.1, 0.15) is 5.82 Å². The maximum atomic E-state index is 13.2. The van der Waals surface area contributed by atoms with E-state index in [9.17, 15) is 4.39 Å². The number of hydrogen-bond acceptors (Lipinski definition) is 4. The van der Waals surface area contributed by atoms with Crippen molar-refractivity contribution in [1.29, 1.82) is 0 Å². The number of nitrogens with one attached hydrogen (secondary N) is 2. The summed E-state index contributed by atoms with van der Waals surface area (Å²) < 4.78 is 24.3. The molecule has 1 fully saturated rings. The second-order valence-electron chi connectivity index (χ2n) is 7.51. The summed E-state index contributed by atoms with van der Waals surface area (Å²) in [6.07, 6.45) is -0.196. The molecule has 1 aliphatic heterocycles. The number of halogens is 2. The van der Waals surface area contributed by atoms with Crippen molar-refractivity contribution >= 4 is 29.9 Å². The van der Waals surface area contributed by atoms with E-state index < -0.39 is 0 Å². The lowest BCUT2D eigenvalue weighted by molar-refractivity contribution is 0.0341. The van der Waals surface area contributed by atoms with E-state index in [4.69, 9.17) is 14.5 Å². The molecule has 0 saturated carbocycles. The predicted molar refractivity (Wildman–Crippen MR) is 137 cm³/mol. The van der Waals surface area contributed by atoms with E-state index in [-0.39, 0.29) is 35.9 Å². The van der Waals surface area contributed by atoms with E-state index >= 15 is 0 Å². The molecule has 1 atom stereocenters. The molecule has 2 N–H and O–H groups in total. The minimum absolute atomic E-state index is 0. The van der Waals surface area contributed by atoms with Crippen molar-refractivity contribution in [3.8, 4) is 0 Å². The van der Waals surface area contributed by atoms with Crippen LogP contribution in [0.3, 0.4) is 0 Å². The minimum atomic E-state index is -0.253. The first kappa shape index (κ1) is 26.5. The molecule has 2 aromatic carbocycles. The molecule has 8 heteroatoms. The fraction of sp³-hybridized carbons (Fsp3) is 0.458. The van der Waals surface area contributed by atoms with Crippen molar-refractivity contribution < 1.29 is 13.9 Å². The lowest BCUT2D eigenvalue weighted by Gasteiger charge is -2.27. The van der Waals surface area contributed by atoms with Crippen LogP contribution in [0.5, 0.6) is 0 Å². The van der Waals surface area contributed by atoms with Gasteiger partial charge in [0.15, 0.2) is 5.96 Å². The van der Waals surface area contributed by atoms with Gasteiger partial charge in [0, 0.05) is 39.8 Å². The summed E-state index contributed by atoms with van der Waals surface area (Å²) in [6.45, 7) is 8.34. The summed E-state index contributed by atoms with van der Waals surface area (Å²) in [4.78, 5) is 7.21. The molecular formula is C24H34FIN4O2. The Balaban J connectivity index is 0.00000363. The molecule has 0 radical (unpaired) electrons. The molecule has 1 unspecified atom stereocenters. The zero-order chi connectivity index (χ0) is 21.9. The van der Waals surface area contributed by atoms with Crippen molar-refractivity contribution in [3.05, 3.63) is 71.0 Å². The Morgan fingerprint density at radius 3 is 2.44 bits per heavy atom. The Labute approximate surface area is 207 Å². The van der Waals surface area contributed by atoms with Crippen LogP contribution in [-0.2, 0) is 22.6 Å². The molecule has 0 aromatic heterocycles. The van der Waals surface area contributed by atoms with Crippen molar-refractivity contribution in [2.45, 2.75) is 26.1 Å². The van der Waals surface area contributed by atoms with Crippen LogP contribution in [0.25, 0.3) is 0 Å². The number of rotatable bonds is 9. The summed E-state index contributed by atoms with van der Waals surface area (Å²) in [5.74, 6) is 0.477. The summed E-state index contributed by atoms with van der Waals surface area (Å²) in [5.41, 5.74) is 3.43.